The first-order valence-corrected chi connectivity index (χ1v) is 4.90. The fourth-order valence-corrected chi connectivity index (χ4v) is 1.37. The first-order valence-electron chi connectivity index (χ1n) is 4.53. The number of nitrogens with zero attached hydrogens (tertiary/aromatic N) is 2. The topological polar surface area (TPSA) is 83.2 Å². The maximum absolute atomic E-state index is 11.2. The van der Waals surface area contributed by atoms with E-state index >= 15 is 0 Å². The Balaban J connectivity index is 3.11. The number of pyridine rings is 1. The van der Waals surface area contributed by atoms with Crippen molar-refractivity contribution in [1.29, 1.82) is 5.26 Å². The molecule has 0 amide bonds. The lowest BCUT2D eigenvalue weighted by Crippen LogP contribution is -2.07. The zero-order chi connectivity index (χ0) is 13.0. The molecule has 1 aromatic heterocycles. The fourth-order valence-electron chi connectivity index (χ4n) is 1.12. The van der Waals surface area contributed by atoms with Gasteiger partial charge in [0.15, 0.2) is 0 Å². The van der Waals surface area contributed by atoms with Crippen LogP contribution in [0.4, 0.5) is 0 Å². The van der Waals surface area contributed by atoms with Gasteiger partial charge < -0.3 is 9.84 Å². The average molecular weight is 253 g/mol. The van der Waals surface area contributed by atoms with E-state index in [1.54, 1.807) is 6.07 Å². The lowest BCUT2D eigenvalue weighted by molar-refractivity contribution is 0.0594. The minimum atomic E-state index is -1.23. The maximum atomic E-state index is 11.2. The van der Waals surface area contributed by atoms with Crippen molar-refractivity contribution in [1.82, 2.24) is 4.98 Å². The predicted octanol–water partition coefficient (Wildman–Crippen LogP) is 1.63. The third-order valence-electron chi connectivity index (χ3n) is 2.04. The normalized spacial score (nSPS) is 11.4. The Bertz CT molecular complexity index is 508. The number of methoxy groups -OCH3 is 1. The molecule has 0 radical (unpaired) electrons. The van der Waals surface area contributed by atoms with E-state index in [1.165, 1.54) is 19.2 Å². The van der Waals surface area contributed by atoms with Gasteiger partial charge in [-0.1, -0.05) is 24.2 Å². The molecule has 0 aliphatic heterocycles. The highest BCUT2D eigenvalue weighted by Gasteiger charge is 2.18. The largest absolute Gasteiger partial charge is 0.464 e. The highest BCUT2D eigenvalue weighted by Crippen LogP contribution is 2.26. The van der Waals surface area contributed by atoms with Crippen molar-refractivity contribution < 1.29 is 14.6 Å². The summed E-state index contributed by atoms with van der Waals surface area (Å²) in [7, 11) is 1.22. The lowest BCUT2D eigenvalue weighted by Gasteiger charge is -2.10. The molecule has 17 heavy (non-hydrogen) atoms. The molecular weight excluding hydrogens is 244 g/mol. The quantitative estimate of drug-likeness (QED) is 0.502. The van der Waals surface area contributed by atoms with Crippen molar-refractivity contribution >= 4 is 17.6 Å². The number of esters is 1. The van der Waals surface area contributed by atoms with Gasteiger partial charge in [-0.2, -0.15) is 5.26 Å². The number of aliphatic hydroxyl groups is 1. The Labute approximate surface area is 103 Å². The minimum absolute atomic E-state index is 0.0241. The third-order valence-corrected chi connectivity index (χ3v) is 2.34. The summed E-state index contributed by atoms with van der Waals surface area (Å²) in [5.74, 6) is -0.632. The molecule has 0 aliphatic carbocycles. The van der Waals surface area contributed by atoms with E-state index in [-0.39, 0.29) is 22.0 Å². The van der Waals surface area contributed by atoms with Crippen LogP contribution in [0.25, 0.3) is 0 Å². The Morgan fingerprint density at radius 1 is 1.71 bits per heavy atom. The van der Waals surface area contributed by atoms with Gasteiger partial charge in [0.1, 0.15) is 17.0 Å². The van der Waals surface area contributed by atoms with Gasteiger partial charge in [-0.05, 0) is 6.07 Å². The Kier molecular flexibility index (Phi) is 4.21. The second kappa shape index (κ2) is 5.43. The number of aliphatic hydroxyl groups excluding tert-OH is 1. The summed E-state index contributed by atoms with van der Waals surface area (Å²) in [6, 6.07) is 4.46. The standard InChI is InChI=1S/C11H9ClN2O3/c1-6(5-13)9(15)7-3-4-8(11(16)17-2)14-10(7)12/h3-4,9,15H,1H2,2H3. The molecule has 1 atom stereocenters. The van der Waals surface area contributed by atoms with Gasteiger partial charge >= 0.3 is 5.97 Å². The van der Waals surface area contributed by atoms with E-state index in [0.717, 1.165) is 0 Å². The lowest BCUT2D eigenvalue weighted by atomic mass is 10.1. The van der Waals surface area contributed by atoms with Gasteiger partial charge in [-0.3, -0.25) is 0 Å². The Morgan fingerprint density at radius 2 is 2.35 bits per heavy atom. The predicted molar refractivity (Wildman–Crippen MR) is 60.3 cm³/mol. The number of hydrogen-bond acceptors (Lipinski definition) is 5. The van der Waals surface area contributed by atoms with Crippen LogP contribution in [-0.4, -0.2) is 23.2 Å². The number of ether oxygens (including phenoxy) is 1. The van der Waals surface area contributed by atoms with E-state index in [4.69, 9.17) is 16.9 Å². The maximum Gasteiger partial charge on any atom is 0.356 e. The average Bonchev–Trinajstić information content (AvgIpc) is 2.35. The number of aromatic nitrogens is 1. The van der Waals surface area contributed by atoms with E-state index in [2.05, 4.69) is 16.3 Å². The highest BCUT2D eigenvalue weighted by atomic mass is 35.5. The van der Waals surface area contributed by atoms with Gasteiger partial charge in [0.25, 0.3) is 0 Å². The van der Waals surface area contributed by atoms with Crippen molar-refractivity contribution in [2.75, 3.05) is 7.11 Å². The van der Waals surface area contributed by atoms with Gasteiger partial charge in [-0.15, -0.1) is 0 Å². The second-order valence-electron chi connectivity index (χ2n) is 3.11. The Hall–Kier alpha value is -1.90. The fraction of sp³-hybridized carbons (Fsp3) is 0.182. The zero-order valence-corrected chi connectivity index (χ0v) is 9.73. The molecule has 1 N–H and O–H groups in total. The third kappa shape index (κ3) is 2.81. The summed E-state index contributed by atoms with van der Waals surface area (Å²) < 4.78 is 4.47. The first-order chi connectivity index (χ1) is 8.01. The molecule has 88 valence electrons. The van der Waals surface area contributed by atoms with Crippen molar-refractivity contribution in [2.24, 2.45) is 0 Å². The zero-order valence-electron chi connectivity index (χ0n) is 8.98. The van der Waals surface area contributed by atoms with E-state index in [9.17, 15) is 9.90 Å². The first kappa shape index (κ1) is 13.2. The molecule has 0 aromatic carbocycles. The van der Waals surface area contributed by atoms with Crippen LogP contribution in [0.15, 0.2) is 24.3 Å². The molecule has 1 aromatic rings. The smallest absolute Gasteiger partial charge is 0.356 e. The minimum Gasteiger partial charge on any atom is -0.464 e. The van der Waals surface area contributed by atoms with Crippen LogP contribution in [0.3, 0.4) is 0 Å². The van der Waals surface area contributed by atoms with Crippen LogP contribution in [0, 0.1) is 11.3 Å². The SMILES string of the molecule is C=C(C#N)C(O)c1ccc(C(=O)OC)nc1Cl. The van der Waals surface area contributed by atoms with Crippen LogP contribution in [0.1, 0.15) is 22.2 Å². The van der Waals surface area contributed by atoms with Gasteiger partial charge in [0, 0.05) is 5.56 Å². The number of rotatable bonds is 3. The molecule has 5 nitrogen and oxygen atoms in total. The molecule has 0 fully saturated rings. The molecule has 6 heteroatoms. The van der Waals surface area contributed by atoms with Gasteiger partial charge in [0.05, 0.1) is 18.8 Å². The van der Waals surface area contributed by atoms with Gasteiger partial charge in [0.2, 0.25) is 0 Å². The number of carbonyl (C=O) groups excluding carboxylic acids is 1. The highest BCUT2D eigenvalue weighted by molar-refractivity contribution is 6.30. The molecular formula is C11H9ClN2O3. The monoisotopic (exact) mass is 252 g/mol. The van der Waals surface area contributed by atoms with Crippen molar-refractivity contribution in [3.8, 4) is 6.07 Å². The second-order valence-corrected chi connectivity index (χ2v) is 3.47. The van der Waals surface area contributed by atoms with Crippen LogP contribution in [0.5, 0.6) is 0 Å². The molecule has 0 aliphatic rings. The summed E-state index contributed by atoms with van der Waals surface area (Å²) in [5.41, 5.74) is 0.182. The molecule has 1 heterocycles. The molecule has 1 unspecified atom stereocenters. The van der Waals surface area contributed by atoms with Crippen LogP contribution < -0.4 is 0 Å². The van der Waals surface area contributed by atoms with Crippen LogP contribution in [0.2, 0.25) is 5.15 Å². The number of carbonyl (C=O) groups is 1. The van der Waals surface area contributed by atoms with E-state index in [1.807, 2.05) is 0 Å². The summed E-state index contributed by atoms with van der Waals surface area (Å²) >= 11 is 5.80. The van der Waals surface area contributed by atoms with Crippen molar-refractivity contribution in [3.05, 3.63) is 40.7 Å². The van der Waals surface area contributed by atoms with E-state index in [0.29, 0.717) is 0 Å². The van der Waals surface area contributed by atoms with Crippen molar-refractivity contribution in [2.45, 2.75) is 6.10 Å². The number of halogens is 1. The van der Waals surface area contributed by atoms with Gasteiger partial charge in [-0.25, -0.2) is 9.78 Å². The summed E-state index contributed by atoms with van der Waals surface area (Å²) in [6.45, 7) is 3.38. The summed E-state index contributed by atoms with van der Waals surface area (Å²) in [4.78, 5) is 14.9. The number of hydrogen-bond donors (Lipinski definition) is 1. The van der Waals surface area contributed by atoms with Crippen LogP contribution in [-0.2, 0) is 4.74 Å². The molecule has 0 saturated carbocycles. The summed E-state index contributed by atoms with van der Waals surface area (Å²) in [5, 5.41) is 18.2. The van der Waals surface area contributed by atoms with Crippen LogP contribution >= 0.6 is 11.6 Å². The molecule has 0 spiro atoms. The Morgan fingerprint density at radius 3 is 2.82 bits per heavy atom. The number of nitriles is 1. The van der Waals surface area contributed by atoms with E-state index < -0.39 is 12.1 Å². The summed E-state index contributed by atoms with van der Waals surface area (Å²) in [6.07, 6.45) is -1.23. The van der Waals surface area contributed by atoms with Crippen molar-refractivity contribution in [3.63, 3.8) is 0 Å². The molecule has 0 bridgehead atoms. The molecule has 0 saturated heterocycles. The molecule has 1 rings (SSSR count).